The van der Waals surface area contributed by atoms with Crippen molar-refractivity contribution in [3.63, 3.8) is 0 Å². The van der Waals surface area contributed by atoms with Crippen LogP contribution in [0.1, 0.15) is 24.1 Å². The number of hydrogen-bond acceptors (Lipinski definition) is 6. The minimum Gasteiger partial charge on any atom is -0.507 e. The molecule has 29 heavy (non-hydrogen) atoms. The average molecular weight is 395 g/mol. The van der Waals surface area contributed by atoms with Gasteiger partial charge in [0.05, 0.1) is 18.2 Å². The molecule has 1 aromatic heterocycles. The van der Waals surface area contributed by atoms with Gasteiger partial charge in [0, 0.05) is 31.0 Å². The molecule has 1 atom stereocenters. The summed E-state index contributed by atoms with van der Waals surface area (Å²) >= 11 is 0. The summed E-state index contributed by atoms with van der Waals surface area (Å²) in [5, 5.41) is 10.9. The lowest BCUT2D eigenvalue weighted by atomic mass is 9.95. The highest BCUT2D eigenvalue weighted by molar-refractivity contribution is 6.46. The number of rotatable bonds is 7. The smallest absolute Gasteiger partial charge is 0.295 e. The quantitative estimate of drug-likeness (QED) is 0.441. The van der Waals surface area contributed by atoms with E-state index in [9.17, 15) is 14.7 Å². The molecule has 1 aromatic carbocycles. The normalized spacial score (nSPS) is 18.5. The number of aliphatic hydroxyl groups is 1. The van der Waals surface area contributed by atoms with E-state index in [2.05, 4.69) is 4.98 Å². The minimum absolute atomic E-state index is 0.0871. The van der Waals surface area contributed by atoms with Gasteiger partial charge in [0.25, 0.3) is 11.7 Å². The third-order valence-electron chi connectivity index (χ3n) is 4.79. The number of amides is 1. The summed E-state index contributed by atoms with van der Waals surface area (Å²) in [6.07, 6.45) is 3.06. The van der Waals surface area contributed by atoms with Crippen LogP contribution in [0.4, 0.5) is 0 Å². The maximum Gasteiger partial charge on any atom is 0.295 e. The number of aliphatic hydroxyl groups excluding tert-OH is 1. The van der Waals surface area contributed by atoms with Gasteiger partial charge in [-0.3, -0.25) is 14.6 Å². The van der Waals surface area contributed by atoms with Crippen LogP contribution in [-0.2, 0) is 9.59 Å². The summed E-state index contributed by atoms with van der Waals surface area (Å²) in [5.74, 6) is -0.786. The zero-order valence-corrected chi connectivity index (χ0v) is 16.8. The zero-order valence-electron chi connectivity index (χ0n) is 16.8. The first kappa shape index (κ1) is 20.5. The van der Waals surface area contributed by atoms with E-state index in [1.165, 1.54) is 17.3 Å². The van der Waals surface area contributed by atoms with Gasteiger partial charge in [0.15, 0.2) is 0 Å². The number of ketones is 1. The molecular weight excluding hydrogens is 370 g/mol. The Bertz CT molecular complexity index is 907. The molecule has 1 aliphatic rings. The fourth-order valence-electron chi connectivity index (χ4n) is 3.34. The molecule has 0 spiro atoms. The maximum atomic E-state index is 12.9. The Morgan fingerprint density at radius 1 is 1.14 bits per heavy atom. The van der Waals surface area contributed by atoms with Crippen LogP contribution in [-0.4, -0.2) is 65.4 Å². The van der Waals surface area contributed by atoms with Crippen molar-refractivity contribution in [2.24, 2.45) is 0 Å². The van der Waals surface area contributed by atoms with E-state index < -0.39 is 17.7 Å². The molecule has 1 aliphatic heterocycles. The molecule has 3 rings (SSSR count). The predicted octanol–water partition coefficient (Wildman–Crippen LogP) is 2.46. The highest BCUT2D eigenvalue weighted by atomic mass is 16.5. The molecular formula is C22H25N3O4. The number of likely N-dealkylation sites (N-methyl/N-ethyl adjacent to an activating group) is 1. The number of aromatic nitrogens is 1. The Morgan fingerprint density at radius 3 is 2.38 bits per heavy atom. The second kappa shape index (κ2) is 8.87. The number of pyridine rings is 1. The molecule has 1 saturated heterocycles. The third kappa shape index (κ3) is 4.30. The highest BCUT2D eigenvalue weighted by Gasteiger charge is 2.45. The first-order chi connectivity index (χ1) is 13.9. The molecule has 7 heteroatoms. The fourth-order valence-corrected chi connectivity index (χ4v) is 3.34. The molecule has 2 heterocycles. The Kier molecular flexibility index (Phi) is 6.29. The number of likely N-dealkylation sites (tertiary alicyclic amines) is 1. The van der Waals surface area contributed by atoms with Crippen molar-refractivity contribution >= 4 is 17.4 Å². The van der Waals surface area contributed by atoms with Crippen molar-refractivity contribution in [3.05, 3.63) is 65.5 Å². The monoisotopic (exact) mass is 395 g/mol. The van der Waals surface area contributed by atoms with Gasteiger partial charge in [0.1, 0.15) is 11.5 Å². The van der Waals surface area contributed by atoms with Gasteiger partial charge >= 0.3 is 0 Å². The number of hydrogen-bond donors (Lipinski definition) is 1. The van der Waals surface area contributed by atoms with Crippen molar-refractivity contribution < 1.29 is 19.4 Å². The van der Waals surface area contributed by atoms with Gasteiger partial charge in [-0.1, -0.05) is 12.1 Å². The molecule has 7 nitrogen and oxygen atoms in total. The SMILES string of the molecule is CCOc1ccc(C2/C(=C(\O)c3ccncc3)C(=O)C(=O)N2CCN(C)C)cc1. The first-order valence-corrected chi connectivity index (χ1v) is 9.50. The van der Waals surface area contributed by atoms with Crippen LogP contribution >= 0.6 is 0 Å². The van der Waals surface area contributed by atoms with Crippen molar-refractivity contribution in [1.29, 1.82) is 0 Å². The van der Waals surface area contributed by atoms with Crippen LogP contribution in [0.3, 0.4) is 0 Å². The van der Waals surface area contributed by atoms with E-state index in [0.717, 1.165) is 5.56 Å². The fraction of sp³-hybridized carbons (Fsp3) is 0.318. The summed E-state index contributed by atoms with van der Waals surface area (Å²) < 4.78 is 5.49. The summed E-state index contributed by atoms with van der Waals surface area (Å²) in [6.45, 7) is 3.40. The number of ether oxygens (including phenoxy) is 1. The molecule has 0 bridgehead atoms. The van der Waals surface area contributed by atoms with Crippen LogP contribution in [0.15, 0.2) is 54.4 Å². The molecule has 0 saturated carbocycles. The van der Waals surface area contributed by atoms with E-state index in [4.69, 9.17) is 4.74 Å². The van der Waals surface area contributed by atoms with Gasteiger partial charge in [-0.15, -0.1) is 0 Å². The molecule has 0 aliphatic carbocycles. The Hall–Kier alpha value is -3.19. The van der Waals surface area contributed by atoms with Crippen LogP contribution in [0.25, 0.3) is 5.76 Å². The lowest BCUT2D eigenvalue weighted by Crippen LogP contribution is -2.35. The van der Waals surface area contributed by atoms with Crippen molar-refractivity contribution in [1.82, 2.24) is 14.8 Å². The van der Waals surface area contributed by atoms with Crippen LogP contribution in [0, 0.1) is 0 Å². The van der Waals surface area contributed by atoms with E-state index in [1.54, 1.807) is 24.3 Å². The van der Waals surface area contributed by atoms with E-state index >= 15 is 0 Å². The van der Waals surface area contributed by atoms with Gasteiger partial charge in [-0.25, -0.2) is 0 Å². The van der Waals surface area contributed by atoms with Crippen LogP contribution in [0.2, 0.25) is 0 Å². The van der Waals surface area contributed by atoms with Crippen molar-refractivity contribution in [3.8, 4) is 5.75 Å². The second-order valence-electron chi connectivity index (χ2n) is 7.03. The third-order valence-corrected chi connectivity index (χ3v) is 4.79. The zero-order chi connectivity index (χ0) is 21.0. The second-order valence-corrected chi connectivity index (χ2v) is 7.03. The standard InChI is InChI=1S/C22H25N3O4/c1-4-29-17-7-5-15(6-8-17)19-18(20(26)16-9-11-23-12-10-16)21(27)22(28)25(19)14-13-24(2)3/h5-12,19,26H,4,13-14H2,1-3H3/b20-18+. The first-order valence-electron chi connectivity index (χ1n) is 9.50. The summed E-state index contributed by atoms with van der Waals surface area (Å²) in [5.41, 5.74) is 1.27. The molecule has 1 fully saturated rings. The number of nitrogens with zero attached hydrogens (tertiary/aromatic N) is 3. The van der Waals surface area contributed by atoms with Crippen molar-refractivity contribution in [2.75, 3.05) is 33.8 Å². The highest BCUT2D eigenvalue weighted by Crippen LogP contribution is 2.39. The number of carbonyl (C=O) groups is 2. The summed E-state index contributed by atoms with van der Waals surface area (Å²) in [7, 11) is 3.80. The largest absolute Gasteiger partial charge is 0.507 e. The van der Waals surface area contributed by atoms with E-state index in [1.807, 2.05) is 38.1 Å². The molecule has 1 N–H and O–H groups in total. The Balaban J connectivity index is 2.09. The molecule has 0 radical (unpaired) electrons. The predicted molar refractivity (Wildman–Crippen MR) is 109 cm³/mol. The van der Waals surface area contributed by atoms with E-state index in [-0.39, 0.29) is 11.3 Å². The van der Waals surface area contributed by atoms with Gasteiger partial charge in [0.2, 0.25) is 0 Å². The Labute approximate surface area is 170 Å². The van der Waals surface area contributed by atoms with Crippen molar-refractivity contribution in [2.45, 2.75) is 13.0 Å². The topological polar surface area (TPSA) is 83.0 Å². The van der Waals surface area contributed by atoms with Crippen LogP contribution < -0.4 is 4.74 Å². The lowest BCUT2D eigenvalue weighted by Gasteiger charge is -2.26. The van der Waals surface area contributed by atoms with Gasteiger partial charge in [-0.05, 0) is 50.8 Å². The van der Waals surface area contributed by atoms with Gasteiger partial charge in [-0.2, -0.15) is 0 Å². The number of benzene rings is 1. The maximum absolute atomic E-state index is 12.9. The van der Waals surface area contributed by atoms with E-state index in [0.29, 0.717) is 31.0 Å². The summed E-state index contributed by atoms with van der Waals surface area (Å²) in [6, 6.07) is 9.80. The number of Topliss-reactive ketones (excluding diaryl/α,β-unsaturated/α-hetero) is 1. The average Bonchev–Trinajstić information content (AvgIpc) is 2.98. The van der Waals surface area contributed by atoms with Gasteiger partial charge < -0.3 is 19.6 Å². The number of carbonyl (C=O) groups excluding carboxylic acids is 2. The lowest BCUT2D eigenvalue weighted by molar-refractivity contribution is -0.140. The molecule has 1 amide bonds. The summed E-state index contributed by atoms with van der Waals surface area (Å²) in [4.78, 5) is 33.1. The molecule has 1 unspecified atom stereocenters. The molecule has 2 aromatic rings. The molecule has 152 valence electrons. The van der Waals surface area contributed by atoms with Crippen LogP contribution in [0.5, 0.6) is 5.75 Å². The Morgan fingerprint density at radius 2 is 1.79 bits per heavy atom. The minimum atomic E-state index is -0.683.